The Morgan fingerprint density at radius 2 is 2.20 bits per heavy atom. The fourth-order valence-corrected chi connectivity index (χ4v) is 2.55. The Kier molecular flexibility index (Phi) is 4.36. The van der Waals surface area contributed by atoms with E-state index in [9.17, 15) is 24.3 Å². The highest BCUT2D eigenvalue weighted by atomic mass is 31.2. The van der Waals surface area contributed by atoms with Crippen LogP contribution in [0.3, 0.4) is 0 Å². The molecular weight excluding hydrogens is 287 g/mol. The molecule has 0 radical (unpaired) electrons. The molecule has 0 bridgehead atoms. The minimum absolute atomic E-state index is 0.0244. The second-order valence-electron chi connectivity index (χ2n) is 4.43. The first-order valence-electron chi connectivity index (χ1n) is 5.92. The van der Waals surface area contributed by atoms with Crippen molar-refractivity contribution in [3.8, 4) is 0 Å². The van der Waals surface area contributed by atoms with Gasteiger partial charge in [-0.2, -0.15) is 0 Å². The van der Waals surface area contributed by atoms with Gasteiger partial charge >= 0.3 is 0 Å². The van der Waals surface area contributed by atoms with Crippen LogP contribution in [0.1, 0.15) is 6.42 Å². The SMILES string of the molecule is O=c1[nH]cnc2c([NH2+][C@H](CO)CCP(=O)([O-])[O-])c[nH]c12. The zero-order valence-corrected chi connectivity index (χ0v) is 11.3. The molecule has 2 aromatic rings. The van der Waals surface area contributed by atoms with Gasteiger partial charge in [0.2, 0.25) is 0 Å². The van der Waals surface area contributed by atoms with Crippen LogP contribution in [0.4, 0.5) is 5.69 Å². The second kappa shape index (κ2) is 5.86. The van der Waals surface area contributed by atoms with Crippen LogP contribution >= 0.6 is 7.60 Å². The van der Waals surface area contributed by atoms with Crippen LogP contribution in [0.2, 0.25) is 0 Å². The third kappa shape index (κ3) is 3.53. The lowest BCUT2D eigenvalue weighted by Gasteiger charge is -2.30. The predicted molar refractivity (Wildman–Crippen MR) is 66.3 cm³/mol. The molecule has 0 aliphatic carbocycles. The summed E-state index contributed by atoms with van der Waals surface area (Å²) >= 11 is 0. The highest BCUT2D eigenvalue weighted by Gasteiger charge is 2.17. The van der Waals surface area contributed by atoms with Crippen molar-refractivity contribution in [3.05, 3.63) is 22.9 Å². The van der Waals surface area contributed by atoms with Crippen LogP contribution in [-0.4, -0.2) is 38.9 Å². The molecule has 0 aromatic carbocycles. The quantitative estimate of drug-likeness (QED) is 0.419. The van der Waals surface area contributed by atoms with Crippen LogP contribution in [0, 0.1) is 0 Å². The van der Waals surface area contributed by atoms with Gasteiger partial charge in [-0.05, 0) is 6.16 Å². The molecule has 0 spiro atoms. The molecule has 0 fully saturated rings. The highest BCUT2D eigenvalue weighted by Crippen LogP contribution is 2.24. The Morgan fingerprint density at radius 3 is 2.85 bits per heavy atom. The lowest BCUT2D eigenvalue weighted by atomic mass is 10.2. The molecule has 9 nitrogen and oxygen atoms in total. The molecule has 5 N–H and O–H groups in total. The van der Waals surface area contributed by atoms with E-state index in [2.05, 4.69) is 15.0 Å². The lowest BCUT2D eigenvalue weighted by Crippen LogP contribution is -2.85. The lowest BCUT2D eigenvalue weighted by molar-refractivity contribution is -0.612. The number of H-pyrrole nitrogens is 2. The van der Waals surface area contributed by atoms with E-state index in [0.717, 1.165) is 0 Å². The van der Waals surface area contributed by atoms with Crippen molar-refractivity contribution in [2.75, 3.05) is 12.8 Å². The number of hydrogen-bond donors (Lipinski definition) is 4. The number of nitrogens with zero attached hydrogens (tertiary/aromatic N) is 1. The van der Waals surface area contributed by atoms with Crippen LogP contribution in [0.25, 0.3) is 11.0 Å². The molecule has 0 saturated carbocycles. The number of hydrogen-bond acceptors (Lipinski definition) is 6. The van der Waals surface area contributed by atoms with E-state index in [-0.39, 0.29) is 18.6 Å². The van der Waals surface area contributed by atoms with E-state index in [1.54, 1.807) is 11.5 Å². The number of aromatic amines is 2. The molecule has 2 heterocycles. The molecule has 0 aliphatic heterocycles. The van der Waals surface area contributed by atoms with Crippen molar-refractivity contribution < 1.29 is 24.8 Å². The van der Waals surface area contributed by atoms with E-state index in [0.29, 0.717) is 16.7 Å². The standard InChI is InChI=1S/C10H15N4O5P/c15-4-6(1-2-20(17,18)19)14-7-3-11-9-8(7)12-5-13-10(9)16/h3,5-6,11,14-15H,1-2,4H2,(H,12,13,16)(H2,17,18,19)/p-1/t6-/m0/s1. The fraction of sp³-hybridized carbons (Fsp3) is 0.400. The molecule has 0 aliphatic rings. The third-order valence-electron chi connectivity index (χ3n) is 2.92. The maximum absolute atomic E-state index is 11.5. The van der Waals surface area contributed by atoms with E-state index in [4.69, 9.17) is 0 Å². The average Bonchev–Trinajstić information content (AvgIpc) is 2.78. The van der Waals surface area contributed by atoms with Gasteiger partial charge < -0.3 is 34.7 Å². The van der Waals surface area contributed by atoms with Crippen LogP contribution < -0.4 is 20.7 Å². The molecular formula is C10H14N4O5P-. The molecule has 2 aromatic heterocycles. The first-order chi connectivity index (χ1) is 9.40. The maximum atomic E-state index is 11.5. The van der Waals surface area contributed by atoms with Gasteiger partial charge in [-0.25, -0.2) is 4.98 Å². The number of aliphatic hydroxyl groups is 1. The Balaban J connectivity index is 2.16. The van der Waals surface area contributed by atoms with Gasteiger partial charge in [0, 0.05) is 6.42 Å². The molecule has 0 saturated heterocycles. The van der Waals surface area contributed by atoms with Gasteiger partial charge in [-0.15, -0.1) is 0 Å². The topological polar surface area (TPSA) is 162 Å². The number of aliphatic hydroxyl groups excluding tert-OH is 1. The third-order valence-corrected chi connectivity index (χ3v) is 3.73. The van der Waals surface area contributed by atoms with Crippen LogP contribution in [0.15, 0.2) is 17.3 Å². The maximum Gasteiger partial charge on any atom is 0.275 e. The van der Waals surface area contributed by atoms with Gasteiger partial charge in [-0.3, -0.25) is 4.79 Å². The Bertz CT molecular complexity index is 690. The number of quaternary nitrogens is 1. The number of nitrogens with two attached hydrogens (primary N) is 1. The fourth-order valence-electron chi connectivity index (χ4n) is 1.90. The average molecular weight is 301 g/mol. The summed E-state index contributed by atoms with van der Waals surface area (Å²) in [5.74, 6) is 0. The number of rotatable bonds is 6. The molecule has 2 rings (SSSR count). The summed E-state index contributed by atoms with van der Waals surface area (Å²) in [6, 6.07) is -0.494. The molecule has 0 amide bonds. The van der Waals surface area contributed by atoms with Gasteiger partial charge in [0.1, 0.15) is 11.6 Å². The first-order valence-corrected chi connectivity index (χ1v) is 7.65. The Hall–Kier alpha value is -1.51. The smallest absolute Gasteiger partial charge is 0.275 e. The molecule has 10 heteroatoms. The van der Waals surface area contributed by atoms with Crippen LogP contribution in [-0.2, 0) is 4.57 Å². The summed E-state index contributed by atoms with van der Waals surface area (Å²) in [7, 11) is -4.59. The van der Waals surface area contributed by atoms with E-state index >= 15 is 0 Å². The summed E-state index contributed by atoms with van der Waals surface area (Å²) < 4.78 is 10.6. The Labute approximate surface area is 113 Å². The number of fused-ring (bicyclic) bond motifs is 1. The monoisotopic (exact) mass is 301 g/mol. The zero-order valence-electron chi connectivity index (χ0n) is 10.4. The van der Waals surface area contributed by atoms with Crippen molar-refractivity contribution in [2.24, 2.45) is 0 Å². The normalized spacial score (nSPS) is 13.8. The minimum atomic E-state index is -4.59. The number of aromatic nitrogens is 3. The van der Waals surface area contributed by atoms with Gasteiger partial charge in [0.15, 0.2) is 11.2 Å². The Morgan fingerprint density at radius 1 is 1.45 bits per heavy atom. The summed E-state index contributed by atoms with van der Waals surface area (Å²) in [5.41, 5.74) is 0.990. The summed E-state index contributed by atoms with van der Waals surface area (Å²) in [4.78, 5) is 41.9. The largest absolute Gasteiger partial charge is 0.811 e. The van der Waals surface area contributed by atoms with Crippen molar-refractivity contribution in [1.29, 1.82) is 0 Å². The van der Waals surface area contributed by atoms with Gasteiger partial charge in [-0.1, -0.05) is 7.60 Å². The predicted octanol–water partition coefficient (Wildman–Crippen LogP) is -2.89. The van der Waals surface area contributed by atoms with Crippen molar-refractivity contribution in [2.45, 2.75) is 12.5 Å². The zero-order chi connectivity index (χ0) is 14.8. The molecule has 0 unspecified atom stereocenters. The molecule has 1 atom stereocenters. The van der Waals surface area contributed by atoms with Crippen molar-refractivity contribution >= 4 is 24.3 Å². The van der Waals surface area contributed by atoms with Gasteiger partial charge in [0.25, 0.3) is 5.56 Å². The van der Waals surface area contributed by atoms with E-state index < -0.39 is 19.8 Å². The summed E-state index contributed by atoms with van der Waals surface area (Å²) in [5, 5.41) is 10.8. The summed E-state index contributed by atoms with van der Waals surface area (Å²) in [6.45, 7) is -0.296. The molecule has 110 valence electrons. The summed E-state index contributed by atoms with van der Waals surface area (Å²) in [6.07, 6.45) is 2.30. The highest BCUT2D eigenvalue weighted by molar-refractivity contribution is 7.48. The van der Waals surface area contributed by atoms with Crippen molar-refractivity contribution in [1.82, 2.24) is 15.0 Å². The van der Waals surface area contributed by atoms with Crippen LogP contribution in [0.5, 0.6) is 0 Å². The van der Waals surface area contributed by atoms with E-state index in [1.165, 1.54) is 6.33 Å². The number of nitrogens with one attached hydrogen (secondary N) is 2. The molecule has 20 heavy (non-hydrogen) atoms. The van der Waals surface area contributed by atoms with Crippen molar-refractivity contribution in [3.63, 3.8) is 0 Å². The second-order valence-corrected chi connectivity index (χ2v) is 6.10. The minimum Gasteiger partial charge on any atom is -0.811 e. The van der Waals surface area contributed by atoms with E-state index in [1.807, 2.05) is 0 Å². The van der Waals surface area contributed by atoms with Gasteiger partial charge in [0.05, 0.1) is 19.1 Å². The first kappa shape index (κ1) is 14.9.